The molecule has 1 aromatic rings. The molecule has 0 spiro atoms. The van der Waals surface area contributed by atoms with Crippen LogP contribution in [0.1, 0.15) is 45.4 Å². The van der Waals surface area contributed by atoms with Gasteiger partial charge < -0.3 is 10.1 Å². The summed E-state index contributed by atoms with van der Waals surface area (Å²) in [5.41, 5.74) is 0.425. The number of piperidine rings is 1. The minimum Gasteiger partial charge on any atom is -0.492 e. The van der Waals surface area contributed by atoms with Gasteiger partial charge in [-0.2, -0.15) is 4.31 Å². The number of amides is 1. The van der Waals surface area contributed by atoms with Crippen molar-refractivity contribution in [2.45, 2.75) is 50.3 Å². The molecule has 1 amide bonds. The second-order valence-corrected chi connectivity index (χ2v) is 8.96. The first kappa shape index (κ1) is 19.9. The molecular weight excluding hydrogens is 364 g/mol. The number of ether oxygens (including phenoxy) is 1. The van der Waals surface area contributed by atoms with Gasteiger partial charge in [0.05, 0.1) is 17.2 Å². The highest BCUT2D eigenvalue weighted by atomic mass is 32.2. The van der Waals surface area contributed by atoms with Crippen LogP contribution in [-0.2, 0) is 14.8 Å². The van der Waals surface area contributed by atoms with E-state index in [0.29, 0.717) is 37.6 Å². The van der Waals surface area contributed by atoms with Crippen molar-refractivity contribution in [3.8, 4) is 5.75 Å². The first-order chi connectivity index (χ1) is 13.0. The number of benzene rings is 1. The van der Waals surface area contributed by atoms with E-state index in [2.05, 4.69) is 11.4 Å². The van der Waals surface area contributed by atoms with Crippen LogP contribution in [0.4, 0.5) is 5.69 Å². The molecule has 27 heavy (non-hydrogen) atoms. The molecule has 1 N–H and O–H groups in total. The van der Waals surface area contributed by atoms with Crippen LogP contribution in [0.15, 0.2) is 35.2 Å². The van der Waals surface area contributed by atoms with Crippen molar-refractivity contribution in [1.82, 2.24) is 4.31 Å². The summed E-state index contributed by atoms with van der Waals surface area (Å²) < 4.78 is 33.1. The summed E-state index contributed by atoms with van der Waals surface area (Å²) in [7, 11) is -3.56. The van der Waals surface area contributed by atoms with E-state index in [0.717, 1.165) is 32.1 Å². The van der Waals surface area contributed by atoms with E-state index < -0.39 is 10.0 Å². The number of carbonyl (C=O) groups is 1. The summed E-state index contributed by atoms with van der Waals surface area (Å²) in [6.45, 7) is 3.39. The molecule has 1 aliphatic heterocycles. The first-order valence-electron chi connectivity index (χ1n) is 9.75. The van der Waals surface area contributed by atoms with Crippen molar-refractivity contribution in [2.75, 3.05) is 25.0 Å². The van der Waals surface area contributed by atoms with E-state index in [1.54, 1.807) is 12.1 Å². The molecule has 1 aromatic carbocycles. The largest absolute Gasteiger partial charge is 0.492 e. The van der Waals surface area contributed by atoms with Gasteiger partial charge in [0, 0.05) is 19.0 Å². The fourth-order valence-corrected chi connectivity index (χ4v) is 5.11. The van der Waals surface area contributed by atoms with E-state index >= 15 is 0 Å². The molecule has 0 aromatic heterocycles. The zero-order valence-corrected chi connectivity index (χ0v) is 16.6. The second-order valence-electron chi connectivity index (χ2n) is 7.03. The Morgan fingerprint density at radius 3 is 2.67 bits per heavy atom. The third-order valence-corrected chi connectivity index (χ3v) is 7.00. The number of rotatable bonds is 6. The van der Waals surface area contributed by atoms with Gasteiger partial charge in [0.2, 0.25) is 15.9 Å². The average Bonchev–Trinajstić information content (AvgIpc) is 2.70. The van der Waals surface area contributed by atoms with E-state index in [9.17, 15) is 13.2 Å². The van der Waals surface area contributed by atoms with Crippen LogP contribution in [-0.4, -0.2) is 38.3 Å². The number of hydrogen-bond donors (Lipinski definition) is 1. The fraction of sp³-hybridized carbons (Fsp3) is 0.550. The molecular formula is C20H28N2O4S. The third-order valence-electron chi connectivity index (χ3n) is 5.10. The Kier molecular flexibility index (Phi) is 6.55. The Hall–Kier alpha value is -1.86. The van der Waals surface area contributed by atoms with Crippen LogP contribution in [0, 0.1) is 5.92 Å². The number of nitrogens with one attached hydrogen (secondary N) is 1. The lowest BCUT2D eigenvalue weighted by atomic mass is 9.93. The van der Waals surface area contributed by atoms with Crippen LogP contribution in [0.5, 0.6) is 5.75 Å². The summed E-state index contributed by atoms with van der Waals surface area (Å²) in [6, 6.07) is 4.73. The molecule has 1 fully saturated rings. The average molecular weight is 393 g/mol. The van der Waals surface area contributed by atoms with Gasteiger partial charge in [-0.1, -0.05) is 18.6 Å². The number of hydrogen-bond acceptors (Lipinski definition) is 4. The van der Waals surface area contributed by atoms with Crippen molar-refractivity contribution < 1.29 is 17.9 Å². The van der Waals surface area contributed by atoms with Gasteiger partial charge in [0.15, 0.2) is 0 Å². The lowest BCUT2D eigenvalue weighted by Crippen LogP contribution is -2.35. The predicted molar refractivity (Wildman–Crippen MR) is 105 cm³/mol. The van der Waals surface area contributed by atoms with Crippen LogP contribution in [0.2, 0.25) is 0 Å². The molecule has 7 heteroatoms. The number of anilines is 1. The molecule has 0 unspecified atom stereocenters. The summed E-state index contributed by atoms with van der Waals surface area (Å²) in [5.74, 6) is 0.314. The zero-order chi connectivity index (χ0) is 19.3. The maximum absolute atomic E-state index is 13.0. The molecule has 2 aliphatic rings. The summed E-state index contributed by atoms with van der Waals surface area (Å²) in [6.07, 6.45) is 9.34. The van der Waals surface area contributed by atoms with Gasteiger partial charge in [-0.3, -0.25) is 4.79 Å². The minimum absolute atomic E-state index is 0.0900. The first-order valence-corrected chi connectivity index (χ1v) is 11.2. The van der Waals surface area contributed by atoms with Gasteiger partial charge in [0.1, 0.15) is 5.75 Å². The number of allylic oxidation sites excluding steroid dienone is 2. The van der Waals surface area contributed by atoms with Crippen molar-refractivity contribution in [3.63, 3.8) is 0 Å². The maximum atomic E-state index is 13.0. The molecule has 0 bridgehead atoms. The molecule has 0 radical (unpaired) electrons. The highest BCUT2D eigenvalue weighted by molar-refractivity contribution is 7.89. The highest BCUT2D eigenvalue weighted by Gasteiger charge is 2.27. The molecule has 148 valence electrons. The van der Waals surface area contributed by atoms with Crippen molar-refractivity contribution in [2.24, 2.45) is 5.92 Å². The van der Waals surface area contributed by atoms with Crippen molar-refractivity contribution in [1.29, 1.82) is 0 Å². The summed E-state index contributed by atoms with van der Waals surface area (Å²) >= 11 is 0. The van der Waals surface area contributed by atoms with E-state index in [-0.39, 0.29) is 16.7 Å². The number of carbonyl (C=O) groups excluding carboxylic acids is 1. The standard InChI is InChI=1S/C20H28N2O4S/c1-2-26-19-12-11-17(27(24,25)22-13-7-4-8-14-22)15-18(19)21-20(23)16-9-5-3-6-10-16/h3,5,11-12,15-16H,2,4,6-10,13-14H2,1H3,(H,21,23)/t16-/m0/s1. The maximum Gasteiger partial charge on any atom is 0.243 e. The summed E-state index contributed by atoms with van der Waals surface area (Å²) in [4.78, 5) is 12.8. The molecule has 3 rings (SSSR count). The van der Waals surface area contributed by atoms with Crippen molar-refractivity contribution in [3.05, 3.63) is 30.4 Å². The van der Waals surface area contributed by atoms with Crippen LogP contribution < -0.4 is 10.1 Å². The minimum atomic E-state index is -3.56. The Morgan fingerprint density at radius 1 is 1.22 bits per heavy atom. The van der Waals surface area contributed by atoms with Crippen molar-refractivity contribution >= 4 is 21.6 Å². The van der Waals surface area contributed by atoms with E-state index in [1.165, 1.54) is 10.4 Å². The van der Waals surface area contributed by atoms with Gasteiger partial charge in [-0.05, 0) is 57.2 Å². The van der Waals surface area contributed by atoms with Gasteiger partial charge in [0.25, 0.3) is 0 Å². The van der Waals surface area contributed by atoms with Crippen LogP contribution in [0.3, 0.4) is 0 Å². The monoisotopic (exact) mass is 392 g/mol. The smallest absolute Gasteiger partial charge is 0.243 e. The molecule has 1 saturated heterocycles. The molecule has 1 heterocycles. The Morgan fingerprint density at radius 2 is 2.00 bits per heavy atom. The Balaban J connectivity index is 1.85. The van der Waals surface area contributed by atoms with E-state index in [1.807, 2.05) is 13.0 Å². The molecule has 1 atom stereocenters. The topological polar surface area (TPSA) is 75.7 Å². The number of nitrogens with zero attached hydrogens (tertiary/aromatic N) is 1. The van der Waals surface area contributed by atoms with Crippen LogP contribution in [0.25, 0.3) is 0 Å². The van der Waals surface area contributed by atoms with E-state index in [4.69, 9.17) is 4.74 Å². The van der Waals surface area contributed by atoms with Crippen LogP contribution >= 0.6 is 0 Å². The summed E-state index contributed by atoms with van der Waals surface area (Å²) in [5, 5.41) is 2.90. The quantitative estimate of drug-likeness (QED) is 0.751. The fourth-order valence-electron chi connectivity index (χ4n) is 3.57. The predicted octanol–water partition coefficient (Wildman–Crippen LogP) is 3.55. The number of sulfonamides is 1. The molecule has 1 aliphatic carbocycles. The van der Waals surface area contributed by atoms with Gasteiger partial charge in [-0.25, -0.2) is 8.42 Å². The Labute approximate surface area is 161 Å². The SMILES string of the molecule is CCOc1ccc(S(=O)(=O)N2CCCCC2)cc1NC(=O)[C@H]1CC=CCC1. The lowest BCUT2D eigenvalue weighted by Gasteiger charge is -2.26. The highest BCUT2D eigenvalue weighted by Crippen LogP contribution is 2.31. The zero-order valence-electron chi connectivity index (χ0n) is 15.8. The van der Waals surface area contributed by atoms with Gasteiger partial charge in [-0.15, -0.1) is 0 Å². The Bertz CT molecular complexity index is 798. The lowest BCUT2D eigenvalue weighted by molar-refractivity contribution is -0.120. The molecule has 0 saturated carbocycles. The van der Waals surface area contributed by atoms with Gasteiger partial charge >= 0.3 is 0 Å². The third kappa shape index (κ3) is 4.71. The normalized spacial score (nSPS) is 21.0. The second kappa shape index (κ2) is 8.89. The molecule has 6 nitrogen and oxygen atoms in total.